The Morgan fingerprint density at radius 3 is 2.61 bits per heavy atom. The third-order valence-electron chi connectivity index (χ3n) is 4.32. The number of ether oxygens (including phenoxy) is 2. The van der Waals surface area contributed by atoms with Crippen molar-refractivity contribution in [2.75, 3.05) is 13.7 Å². The van der Waals surface area contributed by atoms with Gasteiger partial charge in [0.15, 0.2) is 6.29 Å². The van der Waals surface area contributed by atoms with E-state index in [0.717, 1.165) is 6.42 Å². The molecule has 5 heteroatoms. The van der Waals surface area contributed by atoms with Gasteiger partial charge in [-0.15, -0.1) is 0 Å². The topological polar surface area (TPSA) is 62.2 Å². The maximum absolute atomic E-state index is 10.3. The van der Waals surface area contributed by atoms with Gasteiger partial charge in [0, 0.05) is 25.1 Å². The van der Waals surface area contributed by atoms with Gasteiger partial charge in [0.25, 0.3) is 0 Å². The standard InChI is InChI=1S/C13H25NO4/c1-7(2)14-8(3)5-9-11(14)13(17-4)18-10(6-15)12(9)16/h7-13,15-16H,5-6H2,1-4H3/t8-,9-,10-,11+,12+,13+/m1/s1. The molecule has 2 heterocycles. The molecule has 2 aliphatic rings. The monoisotopic (exact) mass is 259 g/mol. The second kappa shape index (κ2) is 5.43. The van der Waals surface area contributed by atoms with Crippen LogP contribution in [0, 0.1) is 5.92 Å². The second-order valence-corrected chi connectivity index (χ2v) is 5.73. The summed E-state index contributed by atoms with van der Waals surface area (Å²) in [5, 5.41) is 19.6. The summed E-state index contributed by atoms with van der Waals surface area (Å²) < 4.78 is 11.1. The number of fused-ring (bicyclic) bond motifs is 1. The average molecular weight is 259 g/mol. The van der Waals surface area contributed by atoms with E-state index < -0.39 is 12.2 Å². The second-order valence-electron chi connectivity index (χ2n) is 5.73. The van der Waals surface area contributed by atoms with Crippen molar-refractivity contribution < 1.29 is 19.7 Å². The summed E-state index contributed by atoms with van der Waals surface area (Å²) in [5.41, 5.74) is 0. The van der Waals surface area contributed by atoms with E-state index in [1.54, 1.807) is 7.11 Å². The molecule has 0 saturated carbocycles. The summed E-state index contributed by atoms with van der Waals surface area (Å²) in [6.45, 7) is 6.30. The maximum Gasteiger partial charge on any atom is 0.173 e. The first-order valence-corrected chi connectivity index (χ1v) is 6.75. The zero-order valence-corrected chi connectivity index (χ0v) is 11.6. The van der Waals surface area contributed by atoms with Gasteiger partial charge in [-0.05, 0) is 27.2 Å². The fraction of sp³-hybridized carbons (Fsp3) is 1.00. The van der Waals surface area contributed by atoms with Crippen molar-refractivity contribution >= 4 is 0 Å². The van der Waals surface area contributed by atoms with Crippen LogP contribution in [0.3, 0.4) is 0 Å². The fourth-order valence-corrected chi connectivity index (χ4v) is 3.66. The number of aliphatic hydroxyl groups is 2. The smallest absolute Gasteiger partial charge is 0.173 e. The molecule has 18 heavy (non-hydrogen) atoms. The molecule has 2 N–H and O–H groups in total. The van der Waals surface area contributed by atoms with Crippen LogP contribution in [0.2, 0.25) is 0 Å². The molecule has 0 aromatic rings. The lowest BCUT2D eigenvalue weighted by molar-refractivity contribution is -0.259. The van der Waals surface area contributed by atoms with Crippen LogP contribution >= 0.6 is 0 Å². The number of hydrogen-bond acceptors (Lipinski definition) is 5. The largest absolute Gasteiger partial charge is 0.394 e. The molecule has 0 radical (unpaired) electrons. The molecule has 106 valence electrons. The van der Waals surface area contributed by atoms with Gasteiger partial charge in [0.1, 0.15) is 6.10 Å². The third kappa shape index (κ3) is 2.18. The highest BCUT2D eigenvalue weighted by molar-refractivity contribution is 5.02. The number of nitrogens with zero attached hydrogens (tertiary/aromatic N) is 1. The van der Waals surface area contributed by atoms with Crippen molar-refractivity contribution in [1.29, 1.82) is 0 Å². The average Bonchev–Trinajstić information content (AvgIpc) is 2.68. The Hall–Kier alpha value is -0.200. The van der Waals surface area contributed by atoms with E-state index in [9.17, 15) is 10.2 Å². The molecule has 5 nitrogen and oxygen atoms in total. The van der Waals surface area contributed by atoms with E-state index in [0.29, 0.717) is 12.1 Å². The van der Waals surface area contributed by atoms with Crippen molar-refractivity contribution in [1.82, 2.24) is 4.90 Å². The predicted molar refractivity (Wildman–Crippen MR) is 67.1 cm³/mol. The van der Waals surface area contributed by atoms with E-state index >= 15 is 0 Å². The van der Waals surface area contributed by atoms with Crippen LogP contribution in [0.4, 0.5) is 0 Å². The Morgan fingerprint density at radius 2 is 2.11 bits per heavy atom. The van der Waals surface area contributed by atoms with Crippen molar-refractivity contribution in [3.63, 3.8) is 0 Å². The zero-order valence-electron chi connectivity index (χ0n) is 11.6. The number of methoxy groups -OCH3 is 1. The molecular formula is C13H25NO4. The minimum Gasteiger partial charge on any atom is -0.394 e. The van der Waals surface area contributed by atoms with Crippen molar-refractivity contribution in [3.05, 3.63) is 0 Å². The Morgan fingerprint density at radius 1 is 1.44 bits per heavy atom. The molecule has 0 amide bonds. The minimum atomic E-state index is -0.613. The lowest BCUT2D eigenvalue weighted by Gasteiger charge is -2.45. The number of rotatable bonds is 3. The molecule has 2 saturated heterocycles. The summed E-state index contributed by atoms with van der Waals surface area (Å²) in [7, 11) is 1.62. The van der Waals surface area contributed by atoms with Crippen LogP contribution in [0.5, 0.6) is 0 Å². The van der Waals surface area contributed by atoms with E-state index in [1.165, 1.54) is 0 Å². The van der Waals surface area contributed by atoms with Gasteiger partial charge >= 0.3 is 0 Å². The van der Waals surface area contributed by atoms with Crippen LogP contribution in [0.25, 0.3) is 0 Å². The van der Waals surface area contributed by atoms with Crippen LogP contribution in [0.15, 0.2) is 0 Å². The Kier molecular flexibility index (Phi) is 4.29. The van der Waals surface area contributed by atoms with Gasteiger partial charge in [-0.3, -0.25) is 4.90 Å². The van der Waals surface area contributed by atoms with Crippen LogP contribution in [-0.2, 0) is 9.47 Å². The molecule has 2 rings (SSSR count). The number of aliphatic hydroxyl groups excluding tert-OH is 2. The first kappa shape index (κ1) is 14.2. The van der Waals surface area contributed by atoms with Crippen LogP contribution in [0.1, 0.15) is 27.2 Å². The molecule has 6 atom stereocenters. The predicted octanol–water partition coefficient (Wildman–Crippen LogP) is 0.198. The Balaban J connectivity index is 2.25. The van der Waals surface area contributed by atoms with E-state index in [-0.39, 0.29) is 24.9 Å². The molecule has 0 aromatic heterocycles. The SMILES string of the molecule is CO[C@H]1O[C@H](CO)[C@@H](O)[C@@H]2C[C@@H](C)N(C(C)C)[C@H]12. The lowest BCUT2D eigenvalue weighted by Crippen LogP contribution is -2.59. The van der Waals surface area contributed by atoms with Gasteiger partial charge in [-0.1, -0.05) is 0 Å². The van der Waals surface area contributed by atoms with E-state index in [1.807, 2.05) is 0 Å². The van der Waals surface area contributed by atoms with Gasteiger partial charge in [-0.2, -0.15) is 0 Å². The Labute approximate surface area is 109 Å². The molecule has 0 aliphatic carbocycles. The van der Waals surface area contributed by atoms with Crippen molar-refractivity contribution in [2.24, 2.45) is 5.92 Å². The first-order valence-electron chi connectivity index (χ1n) is 6.75. The van der Waals surface area contributed by atoms with E-state index in [4.69, 9.17) is 9.47 Å². The number of likely N-dealkylation sites (tertiary alicyclic amines) is 1. The minimum absolute atomic E-state index is 0.0720. The lowest BCUT2D eigenvalue weighted by atomic mass is 9.87. The van der Waals surface area contributed by atoms with Gasteiger partial charge < -0.3 is 19.7 Å². The van der Waals surface area contributed by atoms with Crippen LogP contribution in [-0.4, -0.2) is 65.5 Å². The normalized spacial score (nSPS) is 45.5. The quantitative estimate of drug-likeness (QED) is 0.758. The summed E-state index contributed by atoms with van der Waals surface area (Å²) >= 11 is 0. The molecule has 0 unspecified atom stereocenters. The molecule has 2 fully saturated rings. The maximum atomic E-state index is 10.3. The molecule has 2 aliphatic heterocycles. The summed E-state index contributed by atoms with van der Waals surface area (Å²) in [6.07, 6.45) is -0.597. The van der Waals surface area contributed by atoms with E-state index in [2.05, 4.69) is 25.7 Å². The highest BCUT2D eigenvalue weighted by Gasteiger charge is 2.53. The van der Waals surface area contributed by atoms with Crippen molar-refractivity contribution in [3.8, 4) is 0 Å². The molecular weight excluding hydrogens is 234 g/mol. The molecule has 0 spiro atoms. The van der Waals surface area contributed by atoms with Crippen LogP contribution < -0.4 is 0 Å². The highest BCUT2D eigenvalue weighted by atomic mass is 16.7. The fourth-order valence-electron chi connectivity index (χ4n) is 3.66. The van der Waals surface area contributed by atoms with Gasteiger partial charge in [0.05, 0.1) is 18.8 Å². The summed E-state index contributed by atoms with van der Waals surface area (Å²) in [5.74, 6) is 0.109. The molecule has 0 bridgehead atoms. The van der Waals surface area contributed by atoms with Crippen molar-refractivity contribution in [2.45, 2.75) is 63.8 Å². The summed E-state index contributed by atoms with van der Waals surface area (Å²) in [6, 6.07) is 0.852. The Bertz CT molecular complexity index is 286. The van der Waals surface area contributed by atoms with Gasteiger partial charge in [-0.25, -0.2) is 0 Å². The van der Waals surface area contributed by atoms with Gasteiger partial charge in [0.2, 0.25) is 0 Å². The zero-order chi connectivity index (χ0) is 13.4. The number of hydrogen-bond donors (Lipinski definition) is 2. The summed E-state index contributed by atoms with van der Waals surface area (Å²) in [4.78, 5) is 2.36. The highest BCUT2D eigenvalue weighted by Crippen LogP contribution is 2.41. The first-order chi connectivity index (χ1) is 8.51. The molecule has 0 aromatic carbocycles. The third-order valence-corrected chi connectivity index (χ3v) is 4.32.